The van der Waals surface area contributed by atoms with Crippen molar-refractivity contribution >= 4 is 26.6 Å². The molecule has 1 aliphatic rings. The van der Waals surface area contributed by atoms with Crippen LogP contribution in [0.4, 0.5) is 0 Å². The summed E-state index contributed by atoms with van der Waals surface area (Å²) in [6.45, 7) is 6.24. The van der Waals surface area contributed by atoms with Gasteiger partial charge in [0.1, 0.15) is 12.0 Å². The Kier molecular flexibility index (Phi) is 7.12. The first-order chi connectivity index (χ1) is 15.3. The van der Waals surface area contributed by atoms with E-state index in [2.05, 4.69) is 40.1 Å². The zero-order valence-electron chi connectivity index (χ0n) is 18.7. The summed E-state index contributed by atoms with van der Waals surface area (Å²) in [6.07, 6.45) is 8.85. The Morgan fingerprint density at radius 2 is 2.09 bits per heavy atom. The molecule has 1 saturated heterocycles. The number of sulfonamides is 1. The third kappa shape index (κ3) is 4.59. The van der Waals surface area contributed by atoms with Crippen LogP contribution in [0.1, 0.15) is 45.7 Å². The second kappa shape index (κ2) is 9.64. The molecule has 8 nitrogen and oxygen atoms in total. The van der Waals surface area contributed by atoms with Crippen LogP contribution >= 0.6 is 0 Å². The number of nitrogens with one attached hydrogen (secondary N) is 1. The topological polar surface area (TPSA) is 127 Å². The maximum absolute atomic E-state index is 12.2. The summed E-state index contributed by atoms with van der Waals surface area (Å²) in [5, 5.41) is 20.0. The SMILES string of the molecule is C/C=C(C#N)\C(=C/C(CC)CC1(CC#N)CN(S(=O)(=O)CC)C1)c1ncnc2[nH]ccc12. The van der Waals surface area contributed by atoms with Gasteiger partial charge in [-0.2, -0.15) is 10.5 Å². The molecule has 0 amide bonds. The number of H-pyrrole nitrogens is 1. The van der Waals surface area contributed by atoms with Crippen molar-refractivity contribution in [3.63, 3.8) is 0 Å². The summed E-state index contributed by atoms with van der Waals surface area (Å²) >= 11 is 0. The van der Waals surface area contributed by atoms with Crippen LogP contribution < -0.4 is 0 Å². The summed E-state index contributed by atoms with van der Waals surface area (Å²) in [5.41, 5.74) is 2.25. The van der Waals surface area contributed by atoms with Crippen molar-refractivity contribution in [3.05, 3.63) is 42.0 Å². The Hall–Kier alpha value is -3.01. The van der Waals surface area contributed by atoms with Gasteiger partial charge in [-0.3, -0.25) is 0 Å². The quantitative estimate of drug-likeness (QED) is 0.455. The highest BCUT2D eigenvalue weighted by Gasteiger charge is 2.48. The molecule has 1 fully saturated rings. The van der Waals surface area contributed by atoms with Crippen molar-refractivity contribution in [1.29, 1.82) is 10.5 Å². The van der Waals surface area contributed by atoms with E-state index >= 15 is 0 Å². The van der Waals surface area contributed by atoms with Crippen LogP contribution in [0.25, 0.3) is 16.6 Å². The zero-order chi connectivity index (χ0) is 23.4. The van der Waals surface area contributed by atoms with E-state index in [-0.39, 0.29) is 17.1 Å². The van der Waals surface area contributed by atoms with Gasteiger partial charge in [0.2, 0.25) is 10.0 Å². The number of aromatic amines is 1. The Morgan fingerprint density at radius 3 is 2.69 bits per heavy atom. The summed E-state index contributed by atoms with van der Waals surface area (Å²) in [5.74, 6) is 0.112. The number of nitrogens with zero attached hydrogens (tertiary/aromatic N) is 5. The van der Waals surface area contributed by atoms with Gasteiger partial charge in [0, 0.05) is 42.1 Å². The van der Waals surface area contributed by atoms with E-state index in [9.17, 15) is 18.9 Å². The summed E-state index contributed by atoms with van der Waals surface area (Å²) in [7, 11) is -3.26. The lowest BCUT2D eigenvalue weighted by Gasteiger charge is -2.49. The summed E-state index contributed by atoms with van der Waals surface area (Å²) < 4.78 is 25.9. The smallest absolute Gasteiger partial charge is 0.213 e. The molecule has 0 spiro atoms. The van der Waals surface area contributed by atoms with Gasteiger partial charge in [-0.25, -0.2) is 22.7 Å². The van der Waals surface area contributed by atoms with Gasteiger partial charge in [-0.1, -0.05) is 19.1 Å². The first-order valence-corrected chi connectivity index (χ1v) is 12.4. The summed E-state index contributed by atoms with van der Waals surface area (Å²) in [6, 6.07) is 6.41. The Labute approximate surface area is 189 Å². The normalized spacial score (nSPS) is 18.0. The lowest BCUT2D eigenvalue weighted by molar-refractivity contribution is 0.0528. The molecular weight excluding hydrogens is 424 g/mol. The number of allylic oxidation sites excluding steroid dienone is 4. The van der Waals surface area contributed by atoms with Crippen molar-refractivity contribution in [2.24, 2.45) is 11.3 Å². The van der Waals surface area contributed by atoms with Crippen LogP contribution in [0, 0.1) is 34.0 Å². The molecular formula is C23H28N6O2S. The highest BCUT2D eigenvalue weighted by Crippen LogP contribution is 2.43. The third-order valence-electron chi connectivity index (χ3n) is 6.17. The van der Waals surface area contributed by atoms with Gasteiger partial charge in [0.25, 0.3) is 0 Å². The molecule has 1 aliphatic heterocycles. The van der Waals surface area contributed by atoms with Crippen molar-refractivity contribution in [1.82, 2.24) is 19.3 Å². The summed E-state index contributed by atoms with van der Waals surface area (Å²) in [4.78, 5) is 11.8. The van der Waals surface area contributed by atoms with Crippen LogP contribution in [-0.2, 0) is 10.0 Å². The maximum atomic E-state index is 12.2. The van der Waals surface area contributed by atoms with E-state index < -0.39 is 10.0 Å². The van der Waals surface area contributed by atoms with Crippen molar-refractivity contribution in [3.8, 4) is 12.1 Å². The molecule has 3 heterocycles. The number of hydrogen-bond donors (Lipinski definition) is 1. The largest absolute Gasteiger partial charge is 0.346 e. The van der Waals surface area contributed by atoms with E-state index in [0.29, 0.717) is 42.8 Å². The van der Waals surface area contributed by atoms with E-state index in [1.165, 1.54) is 10.6 Å². The molecule has 2 aromatic rings. The first-order valence-electron chi connectivity index (χ1n) is 10.7. The van der Waals surface area contributed by atoms with Crippen molar-refractivity contribution in [2.45, 2.75) is 40.0 Å². The minimum atomic E-state index is -3.26. The highest BCUT2D eigenvalue weighted by molar-refractivity contribution is 7.89. The molecule has 0 saturated carbocycles. The average molecular weight is 453 g/mol. The number of hydrogen-bond acceptors (Lipinski definition) is 6. The van der Waals surface area contributed by atoms with Crippen molar-refractivity contribution < 1.29 is 8.42 Å². The van der Waals surface area contributed by atoms with E-state index in [1.54, 1.807) is 19.2 Å². The number of nitriles is 2. The van der Waals surface area contributed by atoms with Gasteiger partial charge >= 0.3 is 0 Å². The molecule has 0 aliphatic carbocycles. The number of fused-ring (bicyclic) bond motifs is 1. The standard InChI is InChI=1S/C23H28N6O2S/c1-4-17(12-23(8-9-24)14-29(15-23)32(30,31)6-3)11-20(18(5-2)13-25)21-19-7-10-26-22(19)28-16-27-21/h5,7,10-11,16-17H,4,6,8,12,14-15H2,1-3H3,(H,26,27,28)/b18-5-,20-11+. The second-order valence-electron chi connectivity index (χ2n) is 8.23. The lowest BCUT2D eigenvalue weighted by Crippen LogP contribution is -2.59. The third-order valence-corrected chi connectivity index (χ3v) is 7.94. The monoisotopic (exact) mass is 452 g/mol. The van der Waals surface area contributed by atoms with Gasteiger partial charge in [-0.05, 0) is 38.7 Å². The Bertz CT molecular complexity index is 1220. The average Bonchev–Trinajstić information content (AvgIpc) is 3.25. The van der Waals surface area contributed by atoms with Gasteiger partial charge in [0.05, 0.1) is 29.2 Å². The number of aromatic nitrogens is 3. The lowest BCUT2D eigenvalue weighted by atomic mass is 9.71. The molecule has 1 N–H and O–H groups in total. The number of rotatable bonds is 9. The Morgan fingerprint density at radius 1 is 1.34 bits per heavy atom. The van der Waals surface area contributed by atoms with Gasteiger partial charge in [0.15, 0.2) is 0 Å². The fourth-order valence-corrected chi connectivity index (χ4v) is 5.64. The zero-order valence-corrected chi connectivity index (χ0v) is 19.5. The highest BCUT2D eigenvalue weighted by atomic mass is 32.2. The van der Waals surface area contributed by atoms with E-state index in [0.717, 1.165) is 17.4 Å². The molecule has 2 aromatic heterocycles. The van der Waals surface area contributed by atoms with Crippen LogP contribution in [0.15, 0.2) is 36.3 Å². The molecule has 168 valence electrons. The first kappa shape index (κ1) is 23.6. The Balaban J connectivity index is 1.98. The second-order valence-corrected chi connectivity index (χ2v) is 10.5. The molecule has 0 radical (unpaired) electrons. The molecule has 9 heteroatoms. The fourth-order valence-electron chi connectivity index (χ4n) is 4.34. The van der Waals surface area contributed by atoms with Crippen LogP contribution in [0.5, 0.6) is 0 Å². The maximum Gasteiger partial charge on any atom is 0.213 e. The van der Waals surface area contributed by atoms with Crippen LogP contribution in [0.2, 0.25) is 0 Å². The predicted octanol–water partition coefficient (Wildman–Crippen LogP) is 3.79. The molecule has 32 heavy (non-hydrogen) atoms. The predicted molar refractivity (Wildman–Crippen MR) is 123 cm³/mol. The molecule has 1 unspecified atom stereocenters. The van der Waals surface area contributed by atoms with Crippen LogP contribution in [0.3, 0.4) is 0 Å². The molecule has 0 bridgehead atoms. The fraction of sp³-hybridized carbons (Fsp3) is 0.478. The minimum Gasteiger partial charge on any atom is -0.346 e. The van der Waals surface area contributed by atoms with E-state index in [1.807, 2.05) is 13.0 Å². The van der Waals surface area contributed by atoms with Gasteiger partial charge < -0.3 is 4.98 Å². The van der Waals surface area contributed by atoms with Crippen molar-refractivity contribution in [2.75, 3.05) is 18.8 Å². The molecule has 1 atom stereocenters. The molecule has 0 aromatic carbocycles. The van der Waals surface area contributed by atoms with E-state index in [4.69, 9.17) is 0 Å². The molecule has 3 rings (SSSR count). The van der Waals surface area contributed by atoms with Gasteiger partial charge in [-0.15, -0.1) is 0 Å². The minimum absolute atomic E-state index is 0.0529. The van der Waals surface area contributed by atoms with Crippen LogP contribution in [-0.4, -0.2) is 46.5 Å².